The van der Waals surface area contributed by atoms with Crippen molar-refractivity contribution in [1.82, 2.24) is 4.90 Å². The van der Waals surface area contributed by atoms with E-state index in [-0.39, 0.29) is 19.9 Å². The van der Waals surface area contributed by atoms with Crippen LogP contribution >= 0.6 is 0 Å². The summed E-state index contributed by atoms with van der Waals surface area (Å²) in [6, 6.07) is -6.14. The van der Waals surface area contributed by atoms with E-state index in [1.165, 1.54) is 6.92 Å². The first-order valence-electron chi connectivity index (χ1n) is 6.40. The molecule has 25 heavy (non-hydrogen) atoms. The van der Waals surface area contributed by atoms with E-state index in [1.807, 2.05) is 0 Å². The molecule has 0 aliphatic carbocycles. The maximum atomic E-state index is 13.5. The smallest absolute Gasteiger partial charge is 0.242 e. The molecular weight excluding hydrogens is 393 g/mol. The fourth-order valence-corrected chi connectivity index (χ4v) is 1.54. The fraction of sp³-hybridized carbons (Fsp3) is 1.00. The first-order valence-corrected chi connectivity index (χ1v) is 6.40. The highest BCUT2D eigenvalue weighted by Crippen LogP contribution is 2.60. The zero-order chi connectivity index (χ0) is 20.7. The van der Waals surface area contributed by atoms with Gasteiger partial charge in [0.15, 0.2) is 0 Å². The molecule has 0 unspecified atom stereocenters. The van der Waals surface area contributed by atoms with Crippen LogP contribution in [0.25, 0.3) is 0 Å². The summed E-state index contributed by atoms with van der Waals surface area (Å²) in [5, 5.41) is 0. The SMILES string of the molecule is CCCCN(C)C(F)(F)C(F)(F)C(F)(F)C(F)(F)C(F)(F)C(F)(F)F. The summed E-state index contributed by atoms with van der Waals surface area (Å²) >= 11 is 0. The van der Waals surface area contributed by atoms with Gasteiger partial charge in [-0.15, -0.1) is 0 Å². The lowest BCUT2D eigenvalue weighted by atomic mass is 9.96. The van der Waals surface area contributed by atoms with E-state index in [9.17, 15) is 57.1 Å². The van der Waals surface area contributed by atoms with E-state index in [0.29, 0.717) is 0 Å². The summed E-state index contributed by atoms with van der Waals surface area (Å²) in [6.07, 6.45) is -7.62. The Morgan fingerprint density at radius 1 is 0.600 bits per heavy atom. The van der Waals surface area contributed by atoms with Gasteiger partial charge < -0.3 is 0 Å². The topological polar surface area (TPSA) is 3.24 Å². The van der Waals surface area contributed by atoms with Gasteiger partial charge in [0.05, 0.1) is 0 Å². The summed E-state index contributed by atoms with van der Waals surface area (Å²) in [5.41, 5.74) is 0. The number of unbranched alkanes of at least 4 members (excludes halogenated alkanes) is 1. The van der Waals surface area contributed by atoms with Gasteiger partial charge in [-0.3, -0.25) is 0 Å². The van der Waals surface area contributed by atoms with Crippen molar-refractivity contribution in [3.8, 4) is 0 Å². The summed E-state index contributed by atoms with van der Waals surface area (Å²) in [5.74, 6) is -30.5. The van der Waals surface area contributed by atoms with Gasteiger partial charge in [-0.25, -0.2) is 4.90 Å². The van der Waals surface area contributed by atoms with Crippen LogP contribution in [0.5, 0.6) is 0 Å². The van der Waals surface area contributed by atoms with Crippen LogP contribution in [0, 0.1) is 0 Å². The summed E-state index contributed by atoms with van der Waals surface area (Å²) < 4.78 is 167. The predicted octanol–water partition coefficient (Wildman–Crippen LogP) is 5.41. The Morgan fingerprint density at radius 2 is 0.960 bits per heavy atom. The van der Waals surface area contributed by atoms with Crippen LogP contribution in [-0.4, -0.2) is 54.4 Å². The van der Waals surface area contributed by atoms with E-state index < -0.39 is 47.4 Å². The zero-order valence-corrected chi connectivity index (χ0v) is 12.5. The summed E-state index contributed by atoms with van der Waals surface area (Å²) in [4.78, 5) is -0.827. The monoisotopic (exact) mass is 405 g/mol. The molecule has 0 rings (SSSR count). The molecule has 0 heterocycles. The summed E-state index contributed by atoms with van der Waals surface area (Å²) in [7, 11) is 0.0969. The van der Waals surface area contributed by atoms with Crippen LogP contribution in [-0.2, 0) is 0 Å². The maximum absolute atomic E-state index is 13.5. The van der Waals surface area contributed by atoms with Crippen molar-refractivity contribution in [1.29, 1.82) is 0 Å². The zero-order valence-electron chi connectivity index (χ0n) is 12.5. The molecule has 0 aromatic heterocycles. The molecule has 0 fully saturated rings. The molecule has 0 N–H and O–H groups in total. The summed E-state index contributed by atoms with van der Waals surface area (Å²) in [6.45, 7) is 0.313. The number of hydrogen-bond acceptors (Lipinski definition) is 1. The number of alkyl halides is 13. The van der Waals surface area contributed by atoms with Crippen molar-refractivity contribution in [3.63, 3.8) is 0 Å². The second-order valence-electron chi connectivity index (χ2n) is 5.11. The molecule has 1 nitrogen and oxygen atoms in total. The van der Waals surface area contributed by atoms with Gasteiger partial charge in [0, 0.05) is 6.54 Å². The highest BCUT2D eigenvalue weighted by Gasteiger charge is 2.91. The highest BCUT2D eigenvalue weighted by atomic mass is 19.4. The van der Waals surface area contributed by atoms with Gasteiger partial charge in [0.25, 0.3) is 0 Å². The molecule has 0 atom stereocenters. The lowest BCUT2D eigenvalue weighted by Gasteiger charge is -2.42. The van der Waals surface area contributed by atoms with Gasteiger partial charge in [-0.1, -0.05) is 13.3 Å². The van der Waals surface area contributed by atoms with Gasteiger partial charge in [-0.2, -0.15) is 57.1 Å². The van der Waals surface area contributed by atoms with Crippen LogP contribution in [0.2, 0.25) is 0 Å². The predicted molar refractivity (Wildman–Crippen MR) is 58.3 cm³/mol. The van der Waals surface area contributed by atoms with E-state index >= 15 is 0 Å². The second kappa shape index (κ2) is 6.65. The van der Waals surface area contributed by atoms with Crippen molar-refractivity contribution in [3.05, 3.63) is 0 Å². The number of rotatable bonds is 8. The minimum atomic E-state index is -7.85. The molecule has 14 heteroatoms. The van der Waals surface area contributed by atoms with Crippen LogP contribution < -0.4 is 0 Å². The standard InChI is InChI=1S/C11H12F13N/c1-3-4-5-25(2)11(23,24)9(18,19)7(14,15)6(12,13)8(16,17)10(20,21)22/h3-5H2,1-2H3. The van der Waals surface area contributed by atoms with Crippen LogP contribution in [0.3, 0.4) is 0 Å². The molecule has 0 saturated carbocycles. The molecule has 0 aliphatic heterocycles. The Bertz CT molecular complexity index is 453. The third-order valence-electron chi connectivity index (χ3n) is 3.24. The molecule has 0 aliphatic rings. The lowest BCUT2D eigenvalue weighted by molar-refractivity contribution is -0.450. The maximum Gasteiger partial charge on any atom is 0.460 e. The number of hydrogen-bond donors (Lipinski definition) is 0. The molecular formula is C11H12F13N. The fourth-order valence-electron chi connectivity index (χ4n) is 1.54. The second-order valence-corrected chi connectivity index (χ2v) is 5.11. The lowest BCUT2D eigenvalue weighted by Crippen LogP contribution is -2.72. The molecule has 0 saturated heterocycles. The molecule has 0 bridgehead atoms. The molecule has 0 aromatic carbocycles. The van der Waals surface area contributed by atoms with E-state index in [0.717, 1.165) is 0 Å². The molecule has 0 amide bonds. The van der Waals surface area contributed by atoms with Gasteiger partial charge in [-0.05, 0) is 13.5 Å². The van der Waals surface area contributed by atoms with Crippen molar-refractivity contribution < 1.29 is 57.1 Å². The minimum Gasteiger partial charge on any atom is -0.242 e. The largest absolute Gasteiger partial charge is 0.460 e. The number of nitrogens with zero attached hydrogens (tertiary/aromatic N) is 1. The van der Waals surface area contributed by atoms with Crippen molar-refractivity contribution in [2.24, 2.45) is 0 Å². The van der Waals surface area contributed by atoms with Gasteiger partial charge >= 0.3 is 35.9 Å². The minimum absolute atomic E-state index is 0.0741. The number of halogens is 13. The van der Waals surface area contributed by atoms with Crippen LogP contribution in [0.15, 0.2) is 0 Å². The average molecular weight is 405 g/mol. The third-order valence-corrected chi connectivity index (χ3v) is 3.24. The van der Waals surface area contributed by atoms with Crippen molar-refractivity contribution in [2.75, 3.05) is 13.6 Å². The average Bonchev–Trinajstić information content (AvgIpc) is 2.42. The van der Waals surface area contributed by atoms with Crippen molar-refractivity contribution in [2.45, 2.75) is 55.7 Å². The normalized spacial score (nSPS) is 15.8. The van der Waals surface area contributed by atoms with E-state index in [2.05, 4.69) is 0 Å². The first-order chi connectivity index (χ1) is 10.7. The molecule has 0 radical (unpaired) electrons. The van der Waals surface area contributed by atoms with Gasteiger partial charge in [0.1, 0.15) is 0 Å². The van der Waals surface area contributed by atoms with Crippen LogP contribution in [0.1, 0.15) is 19.8 Å². The Balaban J connectivity index is 6.11. The Hall–Kier alpha value is -0.950. The Kier molecular flexibility index (Phi) is 6.40. The first kappa shape index (κ1) is 24.1. The third kappa shape index (κ3) is 3.50. The Labute approximate surface area is 132 Å². The van der Waals surface area contributed by atoms with Gasteiger partial charge in [0.2, 0.25) is 0 Å². The van der Waals surface area contributed by atoms with E-state index in [4.69, 9.17) is 0 Å². The quantitative estimate of drug-likeness (QED) is 0.385. The molecule has 0 aromatic rings. The molecule has 152 valence electrons. The Morgan fingerprint density at radius 3 is 1.28 bits per heavy atom. The van der Waals surface area contributed by atoms with E-state index in [1.54, 1.807) is 0 Å². The molecule has 0 spiro atoms. The highest BCUT2D eigenvalue weighted by molar-refractivity contribution is 5.09. The van der Waals surface area contributed by atoms with Crippen LogP contribution in [0.4, 0.5) is 57.1 Å². The van der Waals surface area contributed by atoms with Crippen molar-refractivity contribution >= 4 is 0 Å².